The Hall–Kier alpha value is -3.41. The number of hydrogen-bond donors (Lipinski definition) is 1. The quantitative estimate of drug-likeness (QED) is 0.627. The van der Waals surface area contributed by atoms with E-state index in [1.807, 2.05) is 43.3 Å². The minimum Gasteiger partial charge on any atom is -0.264 e. The second-order valence-corrected chi connectivity index (χ2v) is 5.41. The van der Waals surface area contributed by atoms with Gasteiger partial charge in [-0.05, 0) is 25.1 Å². The molecule has 116 valence electrons. The molecular formula is C18H14N6. The molecule has 0 atom stereocenters. The molecule has 0 aliphatic heterocycles. The van der Waals surface area contributed by atoms with Crippen molar-refractivity contribution in [2.75, 3.05) is 0 Å². The largest absolute Gasteiger partial charge is 0.264 e. The van der Waals surface area contributed by atoms with Crippen LogP contribution in [-0.2, 0) is 0 Å². The molecular weight excluding hydrogens is 300 g/mol. The first-order chi connectivity index (χ1) is 11.8. The highest BCUT2D eigenvalue weighted by atomic mass is 15.2. The van der Waals surface area contributed by atoms with E-state index < -0.39 is 0 Å². The van der Waals surface area contributed by atoms with Crippen LogP contribution in [0.2, 0.25) is 0 Å². The molecule has 4 rings (SSSR count). The second-order valence-electron chi connectivity index (χ2n) is 5.41. The van der Waals surface area contributed by atoms with Crippen LogP contribution in [-0.4, -0.2) is 30.1 Å². The summed E-state index contributed by atoms with van der Waals surface area (Å²) in [5.41, 5.74) is 4.42. The van der Waals surface area contributed by atoms with E-state index in [1.54, 1.807) is 24.8 Å². The van der Waals surface area contributed by atoms with Gasteiger partial charge in [0, 0.05) is 23.5 Å². The van der Waals surface area contributed by atoms with Gasteiger partial charge in [-0.25, -0.2) is 9.97 Å². The zero-order valence-corrected chi connectivity index (χ0v) is 13.0. The summed E-state index contributed by atoms with van der Waals surface area (Å²) in [7, 11) is 0. The molecule has 3 heterocycles. The van der Waals surface area contributed by atoms with E-state index in [0.717, 1.165) is 22.4 Å². The number of aromatic amines is 1. The molecule has 0 aliphatic rings. The van der Waals surface area contributed by atoms with Crippen LogP contribution < -0.4 is 0 Å². The van der Waals surface area contributed by atoms with Crippen molar-refractivity contribution in [2.45, 2.75) is 6.92 Å². The lowest BCUT2D eigenvalue weighted by atomic mass is 10.1. The number of hydrogen-bond acceptors (Lipinski definition) is 5. The molecule has 0 spiro atoms. The predicted octanol–water partition coefficient (Wildman–Crippen LogP) is 3.30. The third kappa shape index (κ3) is 2.77. The number of H-pyrrole nitrogens is 1. The third-order valence-corrected chi connectivity index (χ3v) is 3.60. The molecule has 0 unspecified atom stereocenters. The topological polar surface area (TPSA) is 80.2 Å². The maximum atomic E-state index is 4.60. The number of benzene rings is 1. The molecule has 3 aromatic heterocycles. The van der Waals surface area contributed by atoms with Gasteiger partial charge < -0.3 is 0 Å². The Morgan fingerprint density at radius 3 is 2.54 bits per heavy atom. The number of rotatable bonds is 3. The smallest absolute Gasteiger partial charge is 0.181 e. The van der Waals surface area contributed by atoms with Crippen LogP contribution in [0, 0.1) is 6.92 Å². The maximum Gasteiger partial charge on any atom is 0.181 e. The normalized spacial score (nSPS) is 10.7. The fraction of sp³-hybridized carbons (Fsp3) is 0.0556. The minimum atomic E-state index is 0.588. The van der Waals surface area contributed by atoms with E-state index in [1.165, 1.54) is 0 Å². The summed E-state index contributed by atoms with van der Waals surface area (Å²) in [6.07, 6.45) is 6.86. The Bertz CT molecular complexity index is 977. The van der Waals surface area contributed by atoms with Crippen molar-refractivity contribution in [3.8, 4) is 34.2 Å². The first kappa shape index (κ1) is 14.2. The number of aryl methyl sites for hydroxylation is 1. The summed E-state index contributed by atoms with van der Waals surface area (Å²) < 4.78 is 0. The Kier molecular flexibility index (Phi) is 3.55. The molecule has 0 aliphatic carbocycles. The molecule has 6 heteroatoms. The van der Waals surface area contributed by atoms with Crippen LogP contribution in [0.15, 0.2) is 61.2 Å². The van der Waals surface area contributed by atoms with E-state index in [9.17, 15) is 0 Å². The third-order valence-electron chi connectivity index (χ3n) is 3.60. The summed E-state index contributed by atoms with van der Waals surface area (Å²) in [5.74, 6) is 1.23. The van der Waals surface area contributed by atoms with E-state index in [2.05, 4.69) is 30.1 Å². The van der Waals surface area contributed by atoms with Crippen molar-refractivity contribution in [1.29, 1.82) is 0 Å². The average Bonchev–Trinajstić information content (AvgIpc) is 3.13. The van der Waals surface area contributed by atoms with Gasteiger partial charge in [-0.15, -0.1) is 0 Å². The van der Waals surface area contributed by atoms with Gasteiger partial charge in [0.15, 0.2) is 11.6 Å². The van der Waals surface area contributed by atoms with Crippen molar-refractivity contribution in [1.82, 2.24) is 30.1 Å². The van der Waals surface area contributed by atoms with Crippen LogP contribution in [0.1, 0.15) is 5.56 Å². The van der Waals surface area contributed by atoms with Gasteiger partial charge in [-0.1, -0.05) is 23.8 Å². The Balaban J connectivity index is 1.70. The van der Waals surface area contributed by atoms with Crippen molar-refractivity contribution in [3.63, 3.8) is 0 Å². The van der Waals surface area contributed by atoms with E-state index >= 15 is 0 Å². The van der Waals surface area contributed by atoms with Crippen LogP contribution in [0.4, 0.5) is 0 Å². The van der Waals surface area contributed by atoms with Crippen LogP contribution >= 0.6 is 0 Å². The molecule has 0 amide bonds. The highest BCUT2D eigenvalue weighted by Gasteiger charge is 2.10. The van der Waals surface area contributed by atoms with Gasteiger partial charge in [0.25, 0.3) is 0 Å². The summed E-state index contributed by atoms with van der Waals surface area (Å²) in [4.78, 5) is 17.5. The summed E-state index contributed by atoms with van der Waals surface area (Å²) >= 11 is 0. The lowest BCUT2D eigenvalue weighted by Gasteiger charge is -2.01. The molecule has 0 radical (unpaired) electrons. The van der Waals surface area contributed by atoms with E-state index in [4.69, 9.17) is 0 Å². The first-order valence-electron chi connectivity index (χ1n) is 7.52. The number of pyridine rings is 1. The predicted molar refractivity (Wildman–Crippen MR) is 90.8 cm³/mol. The molecule has 0 saturated carbocycles. The molecule has 6 nitrogen and oxygen atoms in total. The number of nitrogens with zero attached hydrogens (tertiary/aromatic N) is 5. The van der Waals surface area contributed by atoms with E-state index in [0.29, 0.717) is 17.3 Å². The SMILES string of the molecule is Cc1cccc(-c2n[nH]c(-c3cncc(-c4cccnc4)n3)n2)c1. The molecule has 4 aromatic rings. The van der Waals surface area contributed by atoms with Crippen molar-refractivity contribution in [3.05, 3.63) is 66.7 Å². The zero-order valence-electron chi connectivity index (χ0n) is 13.0. The number of aromatic nitrogens is 6. The van der Waals surface area contributed by atoms with Gasteiger partial charge in [-0.3, -0.25) is 15.1 Å². The number of nitrogens with one attached hydrogen (secondary N) is 1. The fourth-order valence-electron chi connectivity index (χ4n) is 2.42. The first-order valence-corrected chi connectivity index (χ1v) is 7.52. The van der Waals surface area contributed by atoms with Gasteiger partial charge in [0.2, 0.25) is 0 Å². The lowest BCUT2D eigenvalue weighted by Crippen LogP contribution is -1.92. The van der Waals surface area contributed by atoms with Crippen LogP contribution in [0.5, 0.6) is 0 Å². The van der Waals surface area contributed by atoms with Crippen LogP contribution in [0.3, 0.4) is 0 Å². The molecule has 24 heavy (non-hydrogen) atoms. The van der Waals surface area contributed by atoms with Gasteiger partial charge in [0.05, 0.1) is 18.1 Å². The lowest BCUT2D eigenvalue weighted by molar-refractivity contribution is 1.08. The van der Waals surface area contributed by atoms with Gasteiger partial charge >= 0.3 is 0 Å². The molecule has 0 bridgehead atoms. The highest BCUT2D eigenvalue weighted by molar-refractivity contribution is 5.62. The van der Waals surface area contributed by atoms with Gasteiger partial charge in [0.1, 0.15) is 5.69 Å². The van der Waals surface area contributed by atoms with E-state index in [-0.39, 0.29) is 0 Å². The van der Waals surface area contributed by atoms with Crippen molar-refractivity contribution >= 4 is 0 Å². The van der Waals surface area contributed by atoms with Crippen molar-refractivity contribution < 1.29 is 0 Å². The highest BCUT2D eigenvalue weighted by Crippen LogP contribution is 2.21. The Morgan fingerprint density at radius 2 is 1.71 bits per heavy atom. The van der Waals surface area contributed by atoms with Gasteiger partial charge in [-0.2, -0.15) is 5.10 Å². The minimum absolute atomic E-state index is 0.588. The fourth-order valence-corrected chi connectivity index (χ4v) is 2.42. The summed E-state index contributed by atoms with van der Waals surface area (Å²) in [5, 5.41) is 7.23. The average molecular weight is 314 g/mol. The van der Waals surface area contributed by atoms with Crippen LogP contribution in [0.25, 0.3) is 34.2 Å². The van der Waals surface area contributed by atoms with Crippen molar-refractivity contribution in [2.24, 2.45) is 0 Å². The Morgan fingerprint density at radius 1 is 0.833 bits per heavy atom. The molecule has 1 aromatic carbocycles. The zero-order chi connectivity index (χ0) is 16.4. The monoisotopic (exact) mass is 314 g/mol. The Labute approximate surface area is 138 Å². The molecule has 1 N–H and O–H groups in total. The molecule has 0 saturated heterocycles. The molecule has 0 fully saturated rings. The second kappa shape index (κ2) is 6.00. The standard InChI is InChI=1S/C18H14N6/c1-12-4-2-5-13(8-12)17-22-18(24-23-17)16-11-20-10-15(21-16)14-6-3-7-19-9-14/h2-11H,1H3,(H,22,23,24). The summed E-state index contributed by atoms with van der Waals surface area (Å²) in [6.45, 7) is 2.04. The summed E-state index contributed by atoms with van der Waals surface area (Å²) in [6, 6.07) is 11.9. The maximum absolute atomic E-state index is 4.60.